The van der Waals surface area contributed by atoms with Crippen molar-refractivity contribution in [3.63, 3.8) is 0 Å². The lowest BCUT2D eigenvalue weighted by atomic mass is 10.1. The molecule has 2 aromatic heterocycles. The second-order valence-corrected chi connectivity index (χ2v) is 4.93. The molecule has 0 bridgehead atoms. The molecule has 0 N–H and O–H groups in total. The molecule has 0 aromatic carbocycles. The topological polar surface area (TPSA) is 43.9 Å². The molecule has 0 aliphatic heterocycles. The molecule has 17 heavy (non-hydrogen) atoms. The largest absolute Gasteiger partial charge is 0.441 e. The van der Waals surface area contributed by atoms with E-state index >= 15 is 0 Å². The third-order valence-electron chi connectivity index (χ3n) is 2.73. The van der Waals surface area contributed by atoms with Gasteiger partial charge in [-0.1, -0.05) is 13.8 Å². The smallest absolute Gasteiger partial charge is 0.229 e. The molecule has 92 valence electrons. The van der Waals surface area contributed by atoms with Gasteiger partial charge in [0, 0.05) is 18.2 Å². The number of hydrogen-bond acceptors (Lipinski definition) is 3. The van der Waals surface area contributed by atoms with Gasteiger partial charge < -0.3 is 4.42 Å². The first kappa shape index (κ1) is 11.9. The Morgan fingerprint density at radius 1 is 1.24 bits per heavy atom. The van der Waals surface area contributed by atoms with Crippen LogP contribution in [0.25, 0.3) is 11.5 Å². The highest BCUT2D eigenvalue weighted by molar-refractivity contribution is 5.51. The first-order valence-electron chi connectivity index (χ1n) is 6.01. The van der Waals surface area contributed by atoms with Crippen LogP contribution >= 0.6 is 0 Å². The molecular formula is C13H19N3O. The first-order valence-corrected chi connectivity index (χ1v) is 6.01. The number of hydrogen-bond donors (Lipinski definition) is 0. The van der Waals surface area contributed by atoms with Crippen molar-refractivity contribution in [3.8, 4) is 11.5 Å². The summed E-state index contributed by atoms with van der Waals surface area (Å²) in [6.07, 6.45) is 3.77. The molecule has 0 fully saturated rings. The Morgan fingerprint density at radius 2 is 1.94 bits per heavy atom. The minimum atomic E-state index is 0.351. The van der Waals surface area contributed by atoms with Gasteiger partial charge in [0.2, 0.25) is 5.89 Å². The fourth-order valence-electron chi connectivity index (χ4n) is 1.80. The van der Waals surface area contributed by atoms with Crippen LogP contribution in [0.2, 0.25) is 0 Å². The van der Waals surface area contributed by atoms with Crippen molar-refractivity contribution < 1.29 is 4.42 Å². The number of aromatic nitrogens is 3. The second-order valence-electron chi connectivity index (χ2n) is 4.93. The second kappa shape index (κ2) is 4.35. The molecule has 4 nitrogen and oxygen atoms in total. The molecular weight excluding hydrogens is 214 g/mol. The highest BCUT2D eigenvalue weighted by atomic mass is 16.4. The van der Waals surface area contributed by atoms with Gasteiger partial charge in [-0.05, 0) is 20.8 Å². The standard InChI is InChI=1S/C13H19N3O/c1-8(2)12-10(5)15-13(17-12)11-6-14-16(7-11)9(3)4/h6-9H,1-5H3. The average molecular weight is 233 g/mol. The van der Waals surface area contributed by atoms with E-state index in [1.54, 1.807) is 6.20 Å². The van der Waals surface area contributed by atoms with Gasteiger partial charge in [-0.25, -0.2) is 4.98 Å². The van der Waals surface area contributed by atoms with Gasteiger partial charge in [0.25, 0.3) is 0 Å². The van der Waals surface area contributed by atoms with Crippen molar-refractivity contribution in [1.29, 1.82) is 0 Å². The van der Waals surface area contributed by atoms with Crippen molar-refractivity contribution in [3.05, 3.63) is 23.8 Å². The minimum Gasteiger partial charge on any atom is -0.441 e. The van der Waals surface area contributed by atoms with Crippen LogP contribution in [0.1, 0.15) is 51.1 Å². The van der Waals surface area contributed by atoms with Gasteiger partial charge in [0.1, 0.15) is 5.76 Å². The van der Waals surface area contributed by atoms with E-state index in [0.29, 0.717) is 17.9 Å². The van der Waals surface area contributed by atoms with Crippen molar-refractivity contribution in [2.45, 2.75) is 46.6 Å². The van der Waals surface area contributed by atoms with E-state index in [1.165, 1.54) is 0 Å². The van der Waals surface area contributed by atoms with E-state index in [0.717, 1.165) is 17.0 Å². The average Bonchev–Trinajstić information content (AvgIpc) is 2.82. The van der Waals surface area contributed by atoms with E-state index < -0.39 is 0 Å². The van der Waals surface area contributed by atoms with E-state index in [4.69, 9.17) is 4.42 Å². The zero-order chi connectivity index (χ0) is 12.6. The van der Waals surface area contributed by atoms with Crippen LogP contribution in [-0.4, -0.2) is 14.8 Å². The van der Waals surface area contributed by atoms with Crippen molar-refractivity contribution in [1.82, 2.24) is 14.8 Å². The van der Waals surface area contributed by atoms with Crippen LogP contribution in [0, 0.1) is 6.92 Å². The fraction of sp³-hybridized carbons (Fsp3) is 0.538. The third kappa shape index (κ3) is 2.25. The zero-order valence-corrected chi connectivity index (χ0v) is 11.1. The van der Waals surface area contributed by atoms with Crippen LogP contribution < -0.4 is 0 Å². The summed E-state index contributed by atoms with van der Waals surface area (Å²) in [4.78, 5) is 4.45. The third-order valence-corrected chi connectivity index (χ3v) is 2.73. The maximum atomic E-state index is 5.79. The Hall–Kier alpha value is -1.58. The number of nitrogens with zero attached hydrogens (tertiary/aromatic N) is 3. The Kier molecular flexibility index (Phi) is 3.05. The Morgan fingerprint density at radius 3 is 2.41 bits per heavy atom. The summed E-state index contributed by atoms with van der Waals surface area (Å²) < 4.78 is 7.70. The number of oxazole rings is 1. The summed E-state index contributed by atoms with van der Waals surface area (Å²) in [5, 5.41) is 4.29. The van der Waals surface area contributed by atoms with Crippen molar-refractivity contribution >= 4 is 0 Å². The van der Waals surface area contributed by atoms with Gasteiger partial charge in [-0.2, -0.15) is 5.10 Å². The zero-order valence-electron chi connectivity index (χ0n) is 11.1. The van der Waals surface area contributed by atoms with Crippen molar-refractivity contribution in [2.75, 3.05) is 0 Å². The highest BCUT2D eigenvalue weighted by Crippen LogP contribution is 2.26. The lowest BCUT2D eigenvalue weighted by molar-refractivity contribution is 0.492. The predicted molar refractivity (Wildman–Crippen MR) is 66.9 cm³/mol. The molecule has 0 saturated heterocycles. The molecule has 0 unspecified atom stereocenters. The highest BCUT2D eigenvalue weighted by Gasteiger charge is 2.15. The van der Waals surface area contributed by atoms with Gasteiger partial charge in [0.05, 0.1) is 17.5 Å². The van der Waals surface area contributed by atoms with Crippen LogP contribution in [0.15, 0.2) is 16.8 Å². The predicted octanol–water partition coefficient (Wildman–Crippen LogP) is 3.55. The van der Waals surface area contributed by atoms with E-state index in [-0.39, 0.29) is 0 Å². The normalized spacial score (nSPS) is 11.7. The molecule has 2 heterocycles. The number of aryl methyl sites for hydroxylation is 1. The minimum absolute atomic E-state index is 0.351. The van der Waals surface area contributed by atoms with Crippen LogP contribution in [-0.2, 0) is 0 Å². The molecule has 0 spiro atoms. The Bertz CT molecular complexity index is 508. The van der Waals surface area contributed by atoms with Gasteiger partial charge in [-0.15, -0.1) is 0 Å². The molecule has 0 aliphatic carbocycles. The maximum absolute atomic E-state index is 5.79. The van der Waals surface area contributed by atoms with Crippen molar-refractivity contribution in [2.24, 2.45) is 0 Å². The molecule has 0 saturated carbocycles. The first-order chi connectivity index (χ1) is 7.99. The summed E-state index contributed by atoms with van der Waals surface area (Å²) in [6.45, 7) is 10.4. The maximum Gasteiger partial charge on any atom is 0.229 e. The van der Waals surface area contributed by atoms with E-state index in [1.807, 2.05) is 17.8 Å². The molecule has 2 rings (SSSR count). The lowest BCUT2D eigenvalue weighted by Gasteiger charge is -2.02. The summed E-state index contributed by atoms with van der Waals surface area (Å²) in [5.74, 6) is 1.98. The SMILES string of the molecule is Cc1nc(-c2cnn(C(C)C)c2)oc1C(C)C. The number of rotatable bonds is 3. The summed E-state index contributed by atoms with van der Waals surface area (Å²) >= 11 is 0. The molecule has 2 aromatic rings. The lowest BCUT2D eigenvalue weighted by Crippen LogP contribution is -1.99. The quantitative estimate of drug-likeness (QED) is 0.814. The van der Waals surface area contributed by atoms with Crippen LogP contribution in [0.5, 0.6) is 0 Å². The van der Waals surface area contributed by atoms with E-state index in [9.17, 15) is 0 Å². The molecule has 0 amide bonds. The van der Waals surface area contributed by atoms with Crippen LogP contribution in [0.3, 0.4) is 0 Å². The van der Waals surface area contributed by atoms with Gasteiger partial charge in [-0.3, -0.25) is 4.68 Å². The summed E-state index contributed by atoms with van der Waals surface area (Å²) in [7, 11) is 0. The molecule has 4 heteroatoms. The summed E-state index contributed by atoms with van der Waals surface area (Å²) in [5.41, 5.74) is 1.90. The van der Waals surface area contributed by atoms with Crippen LogP contribution in [0.4, 0.5) is 0 Å². The van der Waals surface area contributed by atoms with Gasteiger partial charge in [0.15, 0.2) is 0 Å². The molecule has 0 radical (unpaired) electrons. The van der Waals surface area contributed by atoms with Gasteiger partial charge >= 0.3 is 0 Å². The molecule has 0 aliphatic rings. The fourth-order valence-corrected chi connectivity index (χ4v) is 1.80. The monoisotopic (exact) mass is 233 g/mol. The Balaban J connectivity index is 2.36. The Labute approximate surface area is 102 Å². The summed E-state index contributed by atoms with van der Waals surface area (Å²) in [6, 6.07) is 0.351. The molecule has 0 atom stereocenters. The van der Waals surface area contributed by atoms with E-state index in [2.05, 4.69) is 37.8 Å².